The molecule has 0 spiro atoms. The molecule has 1 fully saturated rings. The summed E-state index contributed by atoms with van der Waals surface area (Å²) >= 11 is 0. The molecule has 1 amide bonds. The number of likely N-dealkylation sites (tertiary alicyclic amines) is 1. The lowest BCUT2D eigenvalue weighted by molar-refractivity contribution is -0.142. The van der Waals surface area contributed by atoms with Crippen molar-refractivity contribution in [1.29, 1.82) is 0 Å². The minimum Gasteiger partial charge on any atom is -0.493 e. The Morgan fingerprint density at radius 1 is 0.854 bits per heavy atom. The van der Waals surface area contributed by atoms with Crippen molar-refractivity contribution in [1.82, 2.24) is 4.90 Å². The molecule has 0 aromatic heterocycles. The number of nitrogen functional groups attached to an aromatic ring is 2. The average molecular weight is 570 g/mol. The smallest absolute Gasteiger partial charge is 0.302 e. The summed E-state index contributed by atoms with van der Waals surface area (Å²) in [5.41, 5.74) is 14.4. The highest BCUT2D eigenvalue weighted by Gasteiger charge is 2.33. The summed E-state index contributed by atoms with van der Waals surface area (Å²) in [6.07, 6.45) is 2.86. The van der Waals surface area contributed by atoms with Crippen LogP contribution >= 0.6 is 0 Å². The van der Waals surface area contributed by atoms with Gasteiger partial charge in [0.15, 0.2) is 28.8 Å². The van der Waals surface area contributed by atoms with E-state index < -0.39 is 5.97 Å². The number of ketones is 1. The Morgan fingerprint density at radius 3 is 1.90 bits per heavy atom. The van der Waals surface area contributed by atoms with Gasteiger partial charge in [0.05, 0.1) is 39.0 Å². The number of nitrogens with two attached hydrogens (primary N) is 2. The van der Waals surface area contributed by atoms with E-state index in [1.807, 2.05) is 0 Å². The molecular weight excluding hydrogens is 530 g/mol. The molecule has 222 valence electrons. The number of Topliss-reactive ketones (excluding diaryl/α,β-unsaturated/α-hetero) is 1. The molecular formula is C30H39N3O8. The minimum absolute atomic E-state index is 0.0944. The standard InChI is InChI=1S/C30H39N3O8/c1-18-11-21(17-41-20(3)35)33(16-18)30(36)23-13-27(38-5)29(15-25(23)32)40-10-8-6-7-9-39-28-14-24(31)22(19(2)34)12-26(28)37-4/h12-15,21H,1,6-11,16-17,31-32H2,2-5H3/t21-/m0/s1. The van der Waals surface area contributed by atoms with Crippen LogP contribution in [0.1, 0.15) is 60.2 Å². The first kappa shape index (κ1) is 31.1. The van der Waals surface area contributed by atoms with Crippen molar-refractivity contribution in [2.75, 3.05) is 52.1 Å². The van der Waals surface area contributed by atoms with E-state index in [0.717, 1.165) is 24.8 Å². The second-order valence-corrected chi connectivity index (χ2v) is 9.84. The zero-order chi connectivity index (χ0) is 30.1. The molecule has 1 saturated heterocycles. The third-order valence-electron chi connectivity index (χ3n) is 6.68. The van der Waals surface area contributed by atoms with E-state index >= 15 is 0 Å². The number of carbonyl (C=O) groups excluding carboxylic acids is 3. The van der Waals surface area contributed by atoms with E-state index in [0.29, 0.717) is 60.4 Å². The van der Waals surface area contributed by atoms with Crippen molar-refractivity contribution in [2.45, 2.75) is 45.6 Å². The minimum atomic E-state index is -0.406. The number of esters is 1. The molecule has 1 aliphatic heterocycles. The summed E-state index contributed by atoms with van der Waals surface area (Å²) in [7, 11) is 3.00. The summed E-state index contributed by atoms with van der Waals surface area (Å²) in [5.74, 6) is 0.916. The second kappa shape index (κ2) is 14.3. The predicted molar refractivity (Wildman–Crippen MR) is 155 cm³/mol. The van der Waals surface area contributed by atoms with Crippen molar-refractivity contribution in [2.24, 2.45) is 0 Å². The predicted octanol–water partition coefficient (Wildman–Crippen LogP) is 4.03. The van der Waals surface area contributed by atoms with Gasteiger partial charge in [-0.2, -0.15) is 0 Å². The fourth-order valence-corrected chi connectivity index (χ4v) is 4.56. The van der Waals surface area contributed by atoms with Crippen molar-refractivity contribution in [3.8, 4) is 23.0 Å². The van der Waals surface area contributed by atoms with Crippen LogP contribution in [0.15, 0.2) is 36.4 Å². The van der Waals surface area contributed by atoms with Crippen LogP contribution in [0.5, 0.6) is 23.0 Å². The molecule has 1 atom stereocenters. The molecule has 0 unspecified atom stereocenters. The maximum absolute atomic E-state index is 13.3. The number of carbonyl (C=O) groups is 3. The Hall–Kier alpha value is -4.41. The van der Waals surface area contributed by atoms with Crippen LogP contribution in [0.3, 0.4) is 0 Å². The molecule has 2 aromatic carbocycles. The van der Waals surface area contributed by atoms with Crippen LogP contribution in [0.4, 0.5) is 11.4 Å². The molecule has 41 heavy (non-hydrogen) atoms. The summed E-state index contributed by atoms with van der Waals surface area (Å²) in [5, 5.41) is 0. The first-order valence-corrected chi connectivity index (χ1v) is 13.4. The van der Waals surface area contributed by atoms with Gasteiger partial charge in [-0.05, 0) is 44.7 Å². The van der Waals surface area contributed by atoms with Gasteiger partial charge >= 0.3 is 5.97 Å². The third kappa shape index (κ3) is 8.06. The van der Waals surface area contributed by atoms with Gasteiger partial charge in [-0.25, -0.2) is 0 Å². The number of unbranched alkanes of at least 4 members (excludes halogenated alkanes) is 2. The highest BCUT2D eigenvalue weighted by atomic mass is 16.5. The number of rotatable bonds is 14. The number of ether oxygens (including phenoxy) is 5. The van der Waals surface area contributed by atoms with E-state index in [2.05, 4.69) is 6.58 Å². The summed E-state index contributed by atoms with van der Waals surface area (Å²) in [6.45, 7) is 8.05. The van der Waals surface area contributed by atoms with Gasteiger partial charge in [-0.15, -0.1) is 0 Å². The SMILES string of the molecule is C=C1C[C@@H](COC(C)=O)N(C(=O)c2cc(OC)c(OCCCCCOc3cc(N)c(C(C)=O)cc3OC)cc2N)C1. The molecule has 2 aromatic rings. The number of hydrogen-bond donors (Lipinski definition) is 2. The van der Waals surface area contributed by atoms with E-state index in [9.17, 15) is 14.4 Å². The van der Waals surface area contributed by atoms with Crippen molar-refractivity contribution < 1.29 is 38.1 Å². The van der Waals surface area contributed by atoms with Gasteiger partial charge in [-0.3, -0.25) is 14.4 Å². The number of anilines is 2. The van der Waals surface area contributed by atoms with Crippen LogP contribution in [0.2, 0.25) is 0 Å². The Labute approximate surface area is 240 Å². The van der Waals surface area contributed by atoms with Crippen LogP contribution in [0.25, 0.3) is 0 Å². The molecule has 1 heterocycles. The number of benzene rings is 2. The second-order valence-electron chi connectivity index (χ2n) is 9.84. The zero-order valence-electron chi connectivity index (χ0n) is 24.1. The van der Waals surface area contributed by atoms with Crippen LogP contribution in [-0.4, -0.2) is 69.2 Å². The molecule has 0 saturated carbocycles. The Kier molecular flexibility index (Phi) is 10.8. The zero-order valence-corrected chi connectivity index (χ0v) is 24.1. The van der Waals surface area contributed by atoms with Crippen LogP contribution in [-0.2, 0) is 9.53 Å². The molecule has 11 nitrogen and oxygen atoms in total. The molecule has 0 bridgehead atoms. The largest absolute Gasteiger partial charge is 0.493 e. The van der Waals surface area contributed by atoms with E-state index in [1.165, 1.54) is 28.1 Å². The molecule has 3 rings (SSSR count). The lowest BCUT2D eigenvalue weighted by Crippen LogP contribution is -2.39. The average Bonchev–Trinajstić information content (AvgIpc) is 3.31. The van der Waals surface area contributed by atoms with Crippen molar-refractivity contribution in [3.05, 3.63) is 47.5 Å². The molecule has 11 heteroatoms. The number of nitrogens with zero attached hydrogens (tertiary/aromatic N) is 1. The van der Waals surface area contributed by atoms with Gasteiger partial charge in [0.1, 0.15) is 6.61 Å². The first-order chi connectivity index (χ1) is 19.5. The fourth-order valence-electron chi connectivity index (χ4n) is 4.56. The number of amides is 1. The van der Waals surface area contributed by atoms with E-state index in [4.69, 9.17) is 35.2 Å². The first-order valence-electron chi connectivity index (χ1n) is 13.4. The van der Waals surface area contributed by atoms with Gasteiger partial charge in [0.2, 0.25) is 0 Å². The lowest BCUT2D eigenvalue weighted by atomic mass is 10.1. The topological polar surface area (TPSA) is 153 Å². The maximum atomic E-state index is 13.3. The summed E-state index contributed by atoms with van der Waals surface area (Å²) in [4.78, 5) is 37.9. The van der Waals surface area contributed by atoms with E-state index in [-0.39, 0.29) is 35.6 Å². The normalized spacial score (nSPS) is 14.5. The van der Waals surface area contributed by atoms with Gasteiger partial charge in [-0.1, -0.05) is 12.2 Å². The number of methoxy groups -OCH3 is 2. The highest BCUT2D eigenvalue weighted by molar-refractivity contribution is 6.01. The lowest BCUT2D eigenvalue weighted by Gasteiger charge is -2.25. The fraction of sp³-hybridized carbons (Fsp3) is 0.433. The van der Waals surface area contributed by atoms with Crippen LogP contribution < -0.4 is 30.4 Å². The molecule has 1 aliphatic rings. The van der Waals surface area contributed by atoms with Gasteiger partial charge < -0.3 is 40.1 Å². The quantitative estimate of drug-likeness (QED) is 0.112. The van der Waals surface area contributed by atoms with Crippen LogP contribution in [0, 0.1) is 0 Å². The Balaban J connectivity index is 1.52. The summed E-state index contributed by atoms with van der Waals surface area (Å²) < 4.78 is 27.7. The third-order valence-corrected chi connectivity index (χ3v) is 6.68. The monoisotopic (exact) mass is 569 g/mol. The van der Waals surface area contributed by atoms with Gasteiger partial charge in [0, 0.05) is 42.5 Å². The maximum Gasteiger partial charge on any atom is 0.302 e. The Bertz CT molecular complexity index is 1290. The molecule has 0 aliphatic carbocycles. The van der Waals surface area contributed by atoms with Crippen molar-refractivity contribution >= 4 is 29.0 Å². The van der Waals surface area contributed by atoms with E-state index in [1.54, 1.807) is 29.2 Å². The Morgan fingerprint density at radius 2 is 1.39 bits per heavy atom. The highest BCUT2D eigenvalue weighted by Crippen LogP contribution is 2.35. The van der Waals surface area contributed by atoms with Crippen molar-refractivity contribution in [3.63, 3.8) is 0 Å². The number of hydrogen-bond acceptors (Lipinski definition) is 10. The summed E-state index contributed by atoms with van der Waals surface area (Å²) in [6, 6.07) is 6.04. The molecule has 0 radical (unpaired) electrons. The molecule has 4 N–H and O–H groups in total. The van der Waals surface area contributed by atoms with Gasteiger partial charge in [0.25, 0.3) is 5.91 Å².